The third-order valence-electron chi connectivity index (χ3n) is 2.96. The van der Waals surface area contributed by atoms with Crippen LogP contribution in [0.3, 0.4) is 0 Å². The average Bonchev–Trinajstić information content (AvgIpc) is 2.47. The summed E-state index contributed by atoms with van der Waals surface area (Å²) in [5, 5.41) is 0. The molecule has 0 heterocycles. The zero-order chi connectivity index (χ0) is 13.7. The van der Waals surface area contributed by atoms with Gasteiger partial charge in [-0.15, -0.1) is 0 Å². The summed E-state index contributed by atoms with van der Waals surface area (Å²) in [6.45, 7) is 0. The zero-order valence-corrected chi connectivity index (χ0v) is 10.7. The molecule has 0 radical (unpaired) electrons. The van der Waals surface area contributed by atoms with Gasteiger partial charge in [0, 0.05) is 12.0 Å². The molecule has 0 N–H and O–H groups in total. The molecule has 0 aliphatic rings. The molecule has 0 aliphatic heterocycles. The van der Waals surface area contributed by atoms with Crippen molar-refractivity contribution in [3.05, 3.63) is 71.3 Å². The maximum Gasteiger partial charge on any atom is 0.338 e. The molecule has 2 aromatic rings. The van der Waals surface area contributed by atoms with E-state index in [2.05, 4.69) is 4.74 Å². The first-order valence-electron chi connectivity index (χ1n) is 6.07. The van der Waals surface area contributed by atoms with Crippen LogP contribution in [0.15, 0.2) is 54.6 Å². The minimum Gasteiger partial charge on any atom is -0.465 e. The van der Waals surface area contributed by atoms with Gasteiger partial charge in [0.25, 0.3) is 0 Å². The van der Waals surface area contributed by atoms with Crippen molar-refractivity contribution in [1.29, 1.82) is 0 Å². The standard InChI is InChI=1S/C16H15FO2/c1-19-16(18)14-10-6-5-9-13(14)15(17)11-12-7-3-2-4-8-12/h2-10,15H,11H2,1H3. The van der Waals surface area contributed by atoms with Crippen LogP contribution in [0.5, 0.6) is 0 Å². The number of esters is 1. The average molecular weight is 258 g/mol. The third-order valence-corrected chi connectivity index (χ3v) is 2.96. The van der Waals surface area contributed by atoms with Gasteiger partial charge in [-0.3, -0.25) is 0 Å². The van der Waals surface area contributed by atoms with Crippen molar-refractivity contribution in [1.82, 2.24) is 0 Å². The Bertz CT molecular complexity index is 552. The Kier molecular flexibility index (Phi) is 4.29. The molecule has 0 aliphatic carbocycles. The fourth-order valence-electron chi connectivity index (χ4n) is 2.00. The SMILES string of the molecule is COC(=O)c1ccccc1C(F)Cc1ccccc1. The second-order valence-electron chi connectivity index (χ2n) is 4.24. The van der Waals surface area contributed by atoms with Gasteiger partial charge < -0.3 is 4.74 Å². The van der Waals surface area contributed by atoms with E-state index in [0.29, 0.717) is 5.56 Å². The highest BCUT2D eigenvalue weighted by molar-refractivity contribution is 5.91. The summed E-state index contributed by atoms with van der Waals surface area (Å²) in [6, 6.07) is 16.0. The Morgan fingerprint density at radius 1 is 1.11 bits per heavy atom. The molecule has 1 atom stereocenters. The van der Waals surface area contributed by atoms with Gasteiger partial charge in [-0.25, -0.2) is 9.18 Å². The highest BCUT2D eigenvalue weighted by Gasteiger charge is 2.19. The van der Waals surface area contributed by atoms with E-state index in [-0.39, 0.29) is 12.0 Å². The van der Waals surface area contributed by atoms with Crippen molar-refractivity contribution < 1.29 is 13.9 Å². The van der Waals surface area contributed by atoms with Crippen LogP contribution in [0.2, 0.25) is 0 Å². The number of rotatable bonds is 4. The van der Waals surface area contributed by atoms with Crippen LogP contribution >= 0.6 is 0 Å². The molecule has 0 aromatic heterocycles. The van der Waals surface area contributed by atoms with Crippen molar-refractivity contribution in [3.63, 3.8) is 0 Å². The van der Waals surface area contributed by atoms with Crippen LogP contribution in [-0.2, 0) is 11.2 Å². The number of halogens is 1. The molecule has 19 heavy (non-hydrogen) atoms. The monoisotopic (exact) mass is 258 g/mol. The number of alkyl halides is 1. The number of carbonyl (C=O) groups is 1. The van der Waals surface area contributed by atoms with Gasteiger partial charge in [-0.2, -0.15) is 0 Å². The predicted molar refractivity (Wildman–Crippen MR) is 71.8 cm³/mol. The van der Waals surface area contributed by atoms with E-state index in [4.69, 9.17) is 0 Å². The lowest BCUT2D eigenvalue weighted by Gasteiger charge is -2.12. The Morgan fingerprint density at radius 2 is 1.74 bits per heavy atom. The number of ether oxygens (including phenoxy) is 1. The molecular formula is C16H15FO2. The molecule has 0 fully saturated rings. The topological polar surface area (TPSA) is 26.3 Å². The second-order valence-corrected chi connectivity index (χ2v) is 4.24. The van der Waals surface area contributed by atoms with Gasteiger partial charge in [-0.1, -0.05) is 48.5 Å². The summed E-state index contributed by atoms with van der Waals surface area (Å²) in [7, 11) is 1.30. The summed E-state index contributed by atoms with van der Waals surface area (Å²) < 4.78 is 19.0. The van der Waals surface area contributed by atoms with E-state index in [1.807, 2.05) is 30.3 Å². The summed E-state index contributed by atoms with van der Waals surface area (Å²) >= 11 is 0. The lowest BCUT2D eigenvalue weighted by molar-refractivity contribution is 0.0597. The van der Waals surface area contributed by atoms with Crippen LogP contribution in [0, 0.1) is 0 Å². The van der Waals surface area contributed by atoms with Gasteiger partial charge in [0.1, 0.15) is 6.17 Å². The van der Waals surface area contributed by atoms with Crippen molar-refractivity contribution in [3.8, 4) is 0 Å². The quantitative estimate of drug-likeness (QED) is 0.781. The van der Waals surface area contributed by atoms with E-state index >= 15 is 0 Å². The maximum absolute atomic E-state index is 14.4. The Labute approximate surface area is 111 Å². The van der Waals surface area contributed by atoms with E-state index in [9.17, 15) is 9.18 Å². The normalized spacial score (nSPS) is 11.9. The van der Waals surface area contributed by atoms with Gasteiger partial charge in [0.05, 0.1) is 12.7 Å². The molecule has 0 saturated heterocycles. The molecule has 98 valence electrons. The van der Waals surface area contributed by atoms with Crippen LogP contribution in [0.4, 0.5) is 4.39 Å². The highest BCUT2D eigenvalue weighted by atomic mass is 19.1. The minimum atomic E-state index is -1.22. The lowest BCUT2D eigenvalue weighted by atomic mass is 9.98. The maximum atomic E-state index is 14.4. The number of benzene rings is 2. The molecule has 1 unspecified atom stereocenters. The van der Waals surface area contributed by atoms with Crippen LogP contribution in [0.1, 0.15) is 27.7 Å². The molecule has 2 nitrogen and oxygen atoms in total. The van der Waals surface area contributed by atoms with Crippen molar-refractivity contribution in [2.24, 2.45) is 0 Å². The lowest BCUT2D eigenvalue weighted by Crippen LogP contribution is -2.08. The van der Waals surface area contributed by atoms with Gasteiger partial charge in [-0.05, 0) is 11.6 Å². The number of carbonyl (C=O) groups excluding carboxylic acids is 1. The molecule has 0 spiro atoms. The molecule has 0 amide bonds. The van der Waals surface area contributed by atoms with Gasteiger partial charge in [0.2, 0.25) is 0 Å². The zero-order valence-electron chi connectivity index (χ0n) is 10.7. The molecule has 2 rings (SSSR count). The molecule has 3 heteroatoms. The summed E-state index contributed by atoms with van der Waals surface area (Å²) in [5.74, 6) is -0.508. The fourth-order valence-corrected chi connectivity index (χ4v) is 2.00. The second kappa shape index (κ2) is 6.14. The van der Waals surface area contributed by atoms with E-state index < -0.39 is 12.1 Å². The molecule has 2 aromatic carbocycles. The number of hydrogen-bond acceptors (Lipinski definition) is 2. The Hall–Kier alpha value is -2.16. The van der Waals surface area contributed by atoms with Crippen molar-refractivity contribution in [2.45, 2.75) is 12.6 Å². The summed E-state index contributed by atoms with van der Waals surface area (Å²) in [6.07, 6.45) is -0.979. The first-order valence-corrected chi connectivity index (χ1v) is 6.07. The smallest absolute Gasteiger partial charge is 0.338 e. The molecular weight excluding hydrogens is 243 g/mol. The van der Waals surface area contributed by atoms with E-state index in [1.165, 1.54) is 7.11 Å². The van der Waals surface area contributed by atoms with Crippen molar-refractivity contribution in [2.75, 3.05) is 7.11 Å². The number of methoxy groups -OCH3 is 1. The fraction of sp³-hybridized carbons (Fsp3) is 0.188. The van der Waals surface area contributed by atoms with Crippen LogP contribution in [0.25, 0.3) is 0 Å². The minimum absolute atomic E-state index is 0.245. The van der Waals surface area contributed by atoms with Crippen LogP contribution in [-0.4, -0.2) is 13.1 Å². The first-order chi connectivity index (χ1) is 9.22. The Balaban J connectivity index is 2.24. The summed E-state index contributed by atoms with van der Waals surface area (Å²) in [4.78, 5) is 11.6. The van der Waals surface area contributed by atoms with Gasteiger partial charge >= 0.3 is 5.97 Å². The Morgan fingerprint density at radius 3 is 2.42 bits per heavy atom. The first kappa shape index (κ1) is 13.3. The molecule has 0 saturated carbocycles. The highest BCUT2D eigenvalue weighted by Crippen LogP contribution is 2.25. The largest absolute Gasteiger partial charge is 0.465 e. The third kappa shape index (κ3) is 3.19. The predicted octanol–water partition coefficient (Wildman–Crippen LogP) is 3.73. The van der Waals surface area contributed by atoms with Gasteiger partial charge in [0.15, 0.2) is 0 Å². The van der Waals surface area contributed by atoms with Crippen molar-refractivity contribution >= 4 is 5.97 Å². The number of hydrogen-bond donors (Lipinski definition) is 0. The van der Waals surface area contributed by atoms with E-state index in [1.54, 1.807) is 24.3 Å². The van der Waals surface area contributed by atoms with E-state index in [0.717, 1.165) is 5.56 Å². The summed E-state index contributed by atoms with van der Waals surface area (Å²) in [5.41, 5.74) is 1.56. The van der Waals surface area contributed by atoms with Crippen LogP contribution < -0.4 is 0 Å². The molecule has 0 bridgehead atoms.